The molecule has 1 amide bonds. The summed E-state index contributed by atoms with van der Waals surface area (Å²) in [5, 5.41) is 7.61. The number of anilines is 1. The van der Waals surface area contributed by atoms with E-state index in [0.717, 1.165) is 10.8 Å². The zero-order chi connectivity index (χ0) is 16.8. The van der Waals surface area contributed by atoms with Crippen LogP contribution < -0.4 is 15.4 Å². The highest BCUT2D eigenvalue weighted by atomic mass is 16.5. The van der Waals surface area contributed by atoms with Gasteiger partial charge in [-0.2, -0.15) is 0 Å². The molecule has 0 spiro atoms. The minimum absolute atomic E-state index is 0.255. The molecule has 0 bridgehead atoms. The third-order valence-corrected chi connectivity index (χ3v) is 3.39. The lowest BCUT2D eigenvalue weighted by molar-refractivity contribution is 0.0949. The predicted molar refractivity (Wildman–Crippen MR) is 91.1 cm³/mol. The first-order valence-corrected chi connectivity index (χ1v) is 7.51. The Morgan fingerprint density at radius 1 is 1.12 bits per heavy atom. The van der Waals surface area contributed by atoms with Crippen LogP contribution in [0.4, 0.5) is 5.95 Å². The minimum atomic E-state index is -0.255. The fourth-order valence-corrected chi connectivity index (χ4v) is 2.27. The fraction of sp³-hybridized carbons (Fsp3) is 0.176. The number of pyridine rings is 1. The number of carbonyl (C=O) groups is 1. The summed E-state index contributed by atoms with van der Waals surface area (Å²) in [6.07, 6.45) is 3.30. The molecule has 3 aromatic rings. The maximum atomic E-state index is 12.3. The van der Waals surface area contributed by atoms with Gasteiger partial charge in [-0.3, -0.25) is 4.79 Å². The maximum Gasteiger partial charge on any atom is 0.270 e. The van der Waals surface area contributed by atoms with Gasteiger partial charge in [0, 0.05) is 30.9 Å². The lowest BCUT2D eigenvalue weighted by atomic mass is 10.1. The van der Waals surface area contributed by atoms with Crippen molar-refractivity contribution in [1.29, 1.82) is 0 Å². The van der Waals surface area contributed by atoms with Crippen molar-refractivity contribution in [1.82, 2.24) is 20.3 Å². The number of methoxy groups -OCH3 is 1. The second-order valence-corrected chi connectivity index (χ2v) is 4.99. The minimum Gasteiger partial charge on any atom is -0.481 e. The summed E-state index contributed by atoms with van der Waals surface area (Å²) in [5.41, 5.74) is 0.321. The Morgan fingerprint density at radius 3 is 2.71 bits per heavy atom. The molecule has 2 heterocycles. The molecule has 2 N–H and O–H groups in total. The highest BCUT2D eigenvalue weighted by Crippen LogP contribution is 2.23. The van der Waals surface area contributed by atoms with Crippen LogP contribution in [0.3, 0.4) is 0 Å². The molecule has 0 aliphatic heterocycles. The van der Waals surface area contributed by atoms with E-state index in [-0.39, 0.29) is 5.91 Å². The van der Waals surface area contributed by atoms with E-state index in [1.807, 2.05) is 24.3 Å². The number of nitrogens with zero attached hydrogens (tertiary/aromatic N) is 3. The molecule has 0 aliphatic carbocycles. The number of fused-ring (bicyclic) bond motifs is 1. The van der Waals surface area contributed by atoms with Gasteiger partial charge in [0.05, 0.1) is 7.11 Å². The molecule has 7 nitrogen and oxygen atoms in total. The van der Waals surface area contributed by atoms with Crippen LogP contribution in [0.1, 0.15) is 10.5 Å². The SMILES string of the molecule is COc1nc(C(=O)NCCNc2ncccn2)cc2ccccc12. The molecule has 122 valence electrons. The van der Waals surface area contributed by atoms with Gasteiger partial charge in [0.15, 0.2) is 0 Å². The van der Waals surface area contributed by atoms with Gasteiger partial charge in [-0.05, 0) is 23.6 Å². The zero-order valence-corrected chi connectivity index (χ0v) is 13.2. The molecule has 0 atom stereocenters. The van der Waals surface area contributed by atoms with Gasteiger partial charge in [-0.25, -0.2) is 15.0 Å². The molecule has 0 fully saturated rings. The summed E-state index contributed by atoms with van der Waals surface area (Å²) in [4.78, 5) is 24.6. The molecule has 0 saturated heterocycles. The summed E-state index contributed by atoms with van der Waals surface area (Å²) < 4.78 is 5.28. The molecular formula is C17H17N5O2. The Balaban J connectivity index is 1.63. The Morgan fingerprint density at radius 2 is 1.92 bits per heavy atom. The molecular weight excluding hydrogens is 306 g/mol. The smallest absolute Gasteiger partial charge is 0.270 e. The second kappa shape index (κ2) is 7.36. The Bertz CT molecular complexity index is 839. The monoisotopic (exact) mass is 323 g/mol. The van der Waals surface area contributed by atoms with Crippen molar-refractivity contribution in [2.24, 2.45) is 0 Å². The van der Waals surface area contributed by atoms with E-state index >= 15 is 0 Å². The molecule has 7 heteroatoms. The normalized spacial score (nSPS) is 10.4. The number of nitrogens with one attached hydrogen (secondary N) is 2. The molecule has 0 unspecified atom stereocenters. The molecule has 2 aromatic heterocycles. The Hall–Kier alpha value is -3.22. The molecule has 0 aliphatic rings. The van der Waals surface area contributed by atoms with Crippen LogP contribution >= 0.6 is 0 Å². The van der Waals surface area contributed by atoms with Crippen LogP contribution in [0, 0.1) is 0 Å². The highest BCUT2D eigenvalue weighted by Gasteiger charge is 2.12. The number of ether oxygens (including phenoxy) is 1. The summed E-state index contributed by atoms with van der Waals surface area (Å²) >= 11 is 0. The maximum absolute atomic E-state index is 12.3. The first-order valence-electron chi connectivity index (χ1n) is 7.51. The lowest BCUT2D eigenvalue weighted by Crippen LogP contribution is -2.29. The van der Waals surface area contributed by atoms with Crippen LogP contribution in [0.2, 0.25) is 0 Å². The summed E-state index contributed by atoms with van der Waals surface area (Å²) in [6, 6.07) is 11.1. The van der Waals surface area contributed by atoms with Gasteiger partial charge in [0.2, 0.25) is 11.8 Å². The average Bonchev–Trinajstić information content (AvgIpc) is 2.65. The van der Waals surface area contributed by atoms with Gasteiger partial charge in [0.25, 0.3) is 5.91 Å². The van der Waals surface area contributed by atoms with Crippen LogP contribution in [0.5, 0.6) is 5.88 Å². The first kappa shape index (κ1) is 15.7. The topological polar surface area (TPSA) is 89.0 Å². The van der Waals surface area contributed by atoms with Gasteiger partial charge in [-0.15, -0.1) is 0 Å². The van der Waals surface area contributed by atoms with E-state index in [0.29, 0.717) is 30.6 Å². The standard InChI is InChI=1S/C17H17N5O2/c1-24-16-13-6-3-2-5-12(13)11-14(22-16)15(23)18-9-10-21-17-19-7-4-8-20-17/h2-8,11H,9-10H2,1H3,(H,18,23)(H,19,20,21). The third-order valence-electron chi connectivity index (χ3n) is 3.39. The van der Waals surface area contributed by atoms with Crippen molar-refractivity contribution in [3.63, 3.8) is 0 Å². The lowest BCUT2D eigenvalue weighted by Gasteiger charge is -2.09. The number of aromatic nitrogens is 3. The van der Waals surface area contributed by atoms with E-state index in [1.165, 1.54) is 0 Å². The molecule has 0 saturated carbocycles. The third kappa shape index (κ3) is 3.57. The van der Waals surface area contributed by atoms with Crippen LogP contribution in [-0.2, 0) is 0 Å². The predicted octanol–water partition coefficient (Wildman–Crippen LogP) is 1.88. The van der Waals surface area contributed by atoms with Crippen molar-refractivity contribution in [3.05, 3.63) is 54.5 Å². The first-order chi connectivity index (χ1) is 11.8. The Labute approximate surface area is 139 Å². The van der Waals surface area contributed by atoms with Crippen molar-refractivity contribution >= 4 is 22.6 Å². The van der Waals surface area contributed by atoms with E-state index in [9.17, 15) is 4.79 Å². The van der Waals surface area contributed by atoms with Crippen molar-refractivity contribution in [2.45, 2.75) is 0 Å². The summed E-state index contributed by atoms with van der Waals surface area (Å²) in [5.74, 6) is 0.709. The average molecular weight is 323 g/mol. The van der Waals surface area contributed by atoms with Crippen molar-refractivity contribution in [2.75, 3.05) is 25.5 Å². The van der Waals surface area contributed by atoms with Crippen LogP contribution in [-0.4, -0.2) is 41.1 Å². The highest BCUT2D eigenvalue weighted by molar-refractivity contribution is 5.98. The zero-order valence-electron chi connectivity index (χ0n) is 13.2. The summed E-state index contributed by atoms with van der Waals surface area (Å²) in [7, 11) is 1.54. The van der Waals surface area contributed by atoms with E-state index < -0.39 is 0 Å². The van der Waals surface area contributed by atoms with Gasteiger partial charge >= 0.3 is 0 Å². The van der Waals surface area contributed by atoms with Gasteiger partial charge in [0.1, 0.15) is 5.69 Å². The summed E-state index contributed by atoms with van der Waals surface area (Å²) in [6.45, 7) is 0.939. The number of hydrogen-bond acceptors (Lipinski definition) is 6. The number of benzene rings is 1. The second-order valence-electron chi connectivity index (χ2n) is 4.99. The quantitative estimate of drug-likeness (QED) is 0.673. The van der Waals surface area contributed by atoms with Crippen molar-refractivity contribution in [3.8, 4) is 5.88 Å². The fourth-order valence-electron chi connectivity index (χ4n) is 2.27. The van der Waals surface area contributed by atoms with Crippen molar-refractivity contribution < 1.29 is 9.53 Å². The van der Waals surface area contributed by atoms with E-state index in [1.54, 1.807) is 31.6 Å². The largest absolute Gasteiger partial charge is 0.481 e. The van der Waals surface area contributed by atoms with Crippen LogP contribution in [0.15, 0.2) is 48.8 Å². The van der Waals surface area contributed by atoms with Gasteiger partial charge in [-0.1, -0.05) is 18.2 Å². The number of rotatable bonds is 6. The number of carbonyl (C=O) groups excluding carboxylic acids is 1. The van der Waals surface area contributed by atoms with E-state index in [4.69, 9.17) is 4.74 Å². The molecule has 24 heavy (non-hydrogen) atoms. The van der Waals surface area contributed by atoms with E-state index in [2.05, 4.69) is 25.6 Å². The van der Waals surface area contributed by atoms with Gasteiger partial charge < -0.3 is 15.4 Å². The molecule has 0 radical (unpaired) electrons. The Kier molecular flexibility index (Phi) is 4.81. The number of hydrogen-bond donors (Lipinski definition) is 2. The van der Waals surface area contributed by atoms with Crippen LogP contribution in [0.25, 0.3) is 10.8 Å². The molecule has 3 rings (SSSR count). The molecule has 1 aromatic carbocycles. The number of amides is 1.